The number of ether oxygens (including phenoxy) is 1. The van der Waals surface area contributed by atoms with Crippen molar-refractivity contribution >= 4 is 11.6 Å². The van der Waals surface area contributed by atoms with Gasteiger partial charge in [0.2, 0.25) is 5.91 Å². The summed E-state index contributed by atoms with van der Waals surface area (Å²) >= 11 is 0. The zero-order valence-corrected chi connectivity index (χ0v) is 15.9. The number of hydrogen-bond acceptors (Lipinski definition) is 6. The van der Waals surface area contributed by atoms with E-state index in [4.69, 9.17) is 9.94 Å². The van der Waals surface area contributed by atoms with E-state index in [1.807, 2.05) is 17.0 Å². The Bertz CT molecular complexity index is 1030. The molecule has 1 saturated heterocycles. The summed E-state index contributed by atoms with van der Waals surface area (Å²) in [4.78, 5) is 27.4. The first kappa shape index (κ1) is 18.2. The van der Waals surface area contributed by atoms with Gasteiger partial charge >= 0.3 is 0 Å². The minimum atomic E-state index is -0.477. The average molecular weight is 396 g/mol. The van der Waals surface area contributed by atoms with Gasteiger partial charge in [0.25, 0.3) is 5.56 Å². The van der Waals surface area contributed by atoms with Crippen molar-refractivity contribution in [2.45, 2.75) is 31.7 Å². The van der Waals surface area contributed by atoms with E-state index in [0.29, 0.717) is 32.7 Å². The number of likely N-dealkylation sites (tertiary alicyclic amines) is 1. The highest BCUT2D eigenvalue weighted by Gasteiger charge is 2.36. The van der Waals surface area contributed by atoms with Crippen LogP contribution in [0.2, 0.25) is 0 Å². The highest BCUT2D eigenvalue weighted by Crippen LogP contribution is 2.36. The minimum Gasteiger partial charge on any atom is -0.733 e. The zero-order valence-electron chi connectivity index (χ0n) is 15.9. The average Bonchev–Trinajstić information content (AvgIpc) is 3.16. The van der Waals surface area contributed by atoms with Crippen molar-refractivity contribution in [1.29, 1.82) is 0 Å². The van der Waals surface area contributed by atoms with E-state index >= 15 is 0 Å². The van der Waals surface area contributed by atoms with Crippen LogP contribution in [0.1, 0.15) is 29.2 Å². The van der Waals surface area contributed by atoms with Crippen LogP contribution in [0.15, 0.2) is 35.1 Å². The maximum atomic E-state index is 13.0. The second-order valence-electron chi connectivity index (χ2n) is 8.15. The smallest absolute Gasteiger partial charge is 0.275 e. The van der Waals surface area contributed by atoms with E-state index in [2.05, 4.69) is 6.07 Å². The molecule has 0 saturated carbocycles. The van der Waals surface area contributed by atoms with Crippen LogP contribution in [-0.4, -0.2) is 40.3 Å². The summed E-state index contributed by atoms with van der Waals surface area (Å²) in [6.45, 7) is 2.30. The molecule has 8 nitrogen and oxygen atoms in total. The largest absolute Gasteiger partial charge is 0.733 e. The molecule has 0 spiro atoms. The maximum absolute atomic E-state index is 13.0. The second-order valence-corrected chi connectivity index (χ2v) is 8.15. The maximum Gasteiger partial charge on any atom is 0.275 e. The van der Waals surface area contributed by atoms with Crippen LogP contribution >= 0.6 is 0 Å². The van der Waals surface area contributed by atoms with E-state index in [9.17, 15) is 14.8 Å². The summed E-state index contributed by atoms with van der Waals surface area (Å²) in [5, 5.41) is 19.9. The molecule has 1 aromatic heterocycles. The van der Waals surface area contributed by atoms with Crippen LogP contribution < -0.4 is 15.5 Å². The number of hydrogen-bond donors (Lipinski definition) is 1. The molecule has 1 aromatic carbocycles. The molecule has 1 fully saturated rings. The van der Waals surface area contributed by atoms with Crippen LogP contribution in [0, 0.1) is 11.1 Å². The van der Waals surface area contributed by atoms with Gasteiger partial charge in [-0.25, -0.2) is 0 Å². The molecule has 2 bridgehead atoms. The summed E-state index contributed by atoms with van der Waals surface area (Å²) in [7, 11) is 0. The van der Waals surface area contributed by atoms with Crippen molar-refractivity contribution in [2.24, 2.45) is 5.92 Å². The lowest BCUT2D eigenvalue weighted by Crippen LogP contribution is -2.49. The topological polar surface area (TPSA) is 98.1 Å². The van der Waals surface area contributed by atoms with Gasteiger partial charge in [0, 0.05) is 37.7 Å². The third-order valence-corrected chi connectivity index (χ3v) is 6.25. The fourth-order valence-corrected chi connectivity index (χ4v) is 4.92. The lowest BCUT2D eigenvalue weighted by molar-refractivity contribution is -0.133. The Balaban J connectivity index is 1.35. The fourth-order valence-electron chi connectivity index (χ4n) is 4.92. The quantitative estimate of drug-likeness (QED) is 0.793. The number of fused-ring (bicyclic) bond motifs is 5. The van der Waals surface area contributed by atoms with E-state index in [0.717, 1.165) is 35.4 Å². The summed E-state index contributed by atoms with van der Waals surface area (Å²) in [5.41, 5.74) is 2.22. The van der Waals surface area contributed by atoms with Crippen molar-refractivity contribution in [1.82, 2.24) is 9.47 Å². The molecule has 4 heterocycles. The van der Waals surface area contributed by atoms with Crippen molar-refractivity contribution in [3.05, 3.63) is 62.7 Å². The summed E-state index contributed by atoms with van der Waals surface area (Å²) in [6, 6.07) is 9.02. The summed E-state index contributed by atoms with van der Waals surface area (Å²) < 4.78 is 7.11. The standard InChI is InChI=1S/C21H22N3O5/c25-20(9-13-1-4-19-15(7-13)5-6-29-19)22-10-14-8-16(12-22)17-2-3-18(24(27)28)21(26)23(17)11-14/h1-4,7,14,16,27H,5-6,8-12H2/q-1. The molecule has 3 aliphatic rings. The van der Waals surface area contributed by atoms with Crippen LogP contribution in [-0.2, 0) is 24.2 Å². The van der Waals surface area contributed by atoms with Gasteiger partial charge in [-0.3, -0.25) is 14.8 Å². The van der Waals surface area contributed by atoms with Crippen LogP contribution in [0.4, 0.5) is 5.69 Å². The normalized spacial score (nSPS) is 21.9. The Labute approximate surface area is 167 Å². The van der Waals surface area contributed by atoms with Gasteiger partial charge in [-0.2, -0.15) is 0 Å². The lowest BCUT2D eigenvalue weighted by Gasteiger charge is -2.43. The SMILES string of the molecule is O=C(Cc1ccc2c(c1)CCO2)N1CC2CC(C1)c1ccc(N([O-])O)c(=O)n1C2. The Morgan fingerprint density at radius 3 is 2.93 bits per heavy atom. The molecule has 0 radical (unpaired) electrons. The number of aromatic nitrogens is 1. The fraction of sp³-hybridized carbons (Fsp3) is 0.429. The van der Waals surface area contributed by atoms with Crippen molar-refractivity contribution in [3.8, 4) is 5.75 Å². The number of rotatable bonds is 3. The molecule has 0 aliphatic carbocycles. The molecule has 5 rings (SSSR count). The third kappa shape index (κ3) is 3.18. The van der Waals surface area contributed by atoms with Crippen LogP contribution in [0.5, 0.6) is 5.75 Å². The molecular formula is C21H22N3O5-. The monoisotopic (exact) mass is 396 g/mol. The Hall–Kier alpha value is -2.84. The molecule has 1 N–H and O–H groups in total. The Kier molecular flexibility index (Phi) is 4.33. The van der Waals surface area contributed by atoms with Crippen molar-refractivity contribution in [2.75, 3.05) is 24.9 Å². The molecule has 152 valence electrons. The van der Waals surface area contributed by atoms with Gasteiger partial charge in [0.05, 0.1) is 13.0 Å². The highest BCUT2D eigenvalue weighted by molar-refractivity contribution is 5.79. The number of piperidine rings is 1. The second kappa shape index (κ2) is 6.89. The zero-order chi connectivity index (χ0) is 20.1. The number of nitrogens with zero attached hydrogens (tertiary/aromatic N) is 3. The Morgan fingerprint density at radius 2 is 2.10 bits per heavy atom. The first-order valence-corrected chi connectivity index (χ1v) is 9.92. The van der Waals surface area contributed by atoms with Crippen LogP contribution in [0.3, 0.4) is 0 Å². The Morgan fingerprint density at radius 1 is 1.24 bits per heavy atom. The highest BCUT2D eigenvalue weighted by atomic mass is 16.8. The van der Waals surface area contributed by atoms with E-state index < -0.39 is 5.56 Å². The number of carbonyl (C=O) groups is 1. The molecule has 3 aliphatic heterocycles. The van der Waals surface area contributed by atoms with Gasteiger partial charge in [-0.1, -0.05) is 12.1 Å². The summed E-state index contributed by atoms with van der Waals surface area (Å²) in [5.74, 6) is 1.22. The minimum absolute atomic E-state index is 0.0559. The van der Waals surface area contributed by atoms with Gasteiger partial charge < -0.3 is 24.6 Å². The number of anilines is 1. The predicted octanol–water partition coefficient (Wildman–Crippen LogP) is 1.66. The molecule has 1 amide bonds. The molecular weight excluding hydrogens is 374 g/mol. The van der Waals surface area contributed by atoms with Gasteiger partial charge in [-0.15, -0.1) is 0 Å². The van der Waals surface area contributed by atoms with Crippen LogP contribution in [0.25, 0.3) is 0 Å². The molecule has 2 aromatic rings. The number of pyridine rings is 1. The predicted molar refractivity (Wildman–Crippen MR) is 105 cm³/mol. The third-order valence-electron chi connectivity index (χ3n) is 6.25. The number of amides is 1. The van der Waals surface area contributed by atoms with Gasteiger partial charge in [-0.05, 0) is 41.7 Å². The van der Waals surface area contributed by atoms with E-state index in [1.165, 1.54) is 6.07 Å². The molecule has 8 heteroatoms. The van der Waals surface area contributed by atoms with Crippen molar-refractivity contribution < 1.29 is 14.7 Å². The number of benzene rings is 1. The lowest BCUT2D eigenvalue weighted by atomic mass is 9.83. The molecule has 2 unspecified atom stereocenters. The summed E-state index contributed by atoms with van der Waals surface area (Å²) in [6.07, 6.45) is 2.15. The molecule has 2 atom stereocenters. The first-order chi connectivity index (χ1) is 14.0. The van der Waals surface area contributed by atoms with E-state index in [1.54, 1.807) is 10.6 Å². The van der Waals surface area contributed by atoms with E-state index in [-0.39, 0.29) is 28.7 Å². The van der Waals surface area contributed by atoms with Gasteiger partial charge in [0.15, 0.2) is 0 Å². The number of carbonyl (C=O) groups excluding carboxylic acids is 1. The first-order valence-electron chi connectivity index (χ1n) is 9.92. The van der Waals surface area contributed by atoms with Gasteiger partial charge in [0.1, 0.15) is 11.4 Å². The van der Waals surface area contributed by atoms with Crippen molar-refractivity contribution in [3.63, 3.8) is 0 Å². The molecule has 29 heavy (non-hydrogen) atoms.